The summed E-state index contributed by atoms with van der Waals surface area (Å²) in [6.45, 7) is 0. The Labute approximate surface area is 187 Å². The number of anilines is 1. The van der Waals surface area contributed by atoms with E-state index < -0.39 is 5.82 Å². The van der Waals surface area contributed by atoms with Gasteiger partial charge in [-0.15, -0.1) is 11.3 Å². The average molecular weight is 455 g/mol. The fourth-order valence-corrected chi connectivity index (χ4v) is 5.85. The molecule has 31 heavy (non-hydrogen) atoms. The van der Waals surface area contributed by atoms with E-state index in [9.17, 15) is 0 Å². The number of H-pyrrole nitrogens is 1. The predicted octanol–water partition coefficient (Wildman–Crippen LogP) is 5.93. The molecular formula is C22H20ClFN6S. The van der Waals surface area contributed by atoms with Crippen LogP contribution >= 0.6 is 22.9 Å². The molecule has 3 fully saturated rings. The van der Waals surface area contributed by atoms with Crippen LogP contribution in [0, 0.1) is 17.7 Å². The summed E-state index contributed by atoms with van der Waals surface area (Å²) in [6, 6.07) is 4.02. The fourth-order valence-electron chi connectivity index (χ4n) is 5.01. The molecule has 1 atom stereocenters. The van der Waals surface area contributed by atoms with E-state index >= 15 is 4.39 Å². The van der Waals surface area contributed by atoms with Crippen LogP contribution in [-0.2, 0) is 0 Å². The molecule has 0 aliphatic heterocycles. The zero-order chi connectivity index (χ0) is 20.9. The first-order valence-electron chi connectivity index (χ1n) is 10.5. The molecule has 9 heteroatoms. The summed E-state index contributed by atoms with van der Waals surface area (Å²) in [5, 5.41) is 5.65. The van der Waals surface area contributed by atoms with Crippen molar-refractivity contribution < 1.29 is 4.39 Å². The number of aromatic amines is 1. The van der Waals surface area contributed by atoms with Crippen LogP contribution in [0.3, 0.4) is 0 Å². The summed E-state index contributed by atoms with van der Waals surface area (Å²) in [5.41, 5.74) is 2.10. The van der Waals surface area contributed by atoms with Crippen LogP contribution in [-0.4, -0.2) is 31.0 Å². The van der Waals surface area contributed by atoms with Crippen LogP contribution < -0.4 is 5.32 Å². The molecule has 2 bridgehead atoms. The first-order valence-corrected chi connectivity index (χ1v) is 11.8. The van der Waals surface area contributed by atoms with Crippen molar-refractivity contribution in [1.29, 1.82) is 0 Å². The maximum absolute atomic E-state index is 15.6. The third kappa shape index (κ3) is 3.38. The molecule has 6 nitrogen and oxygen atoms in total. The lowest BCUT2D eigenvalue weighted by atomic mass is 9.68. The second kappa shape index (κ2) is 7.53. The van der Waals surface area contributed by atoms with Gasteiger partial charge >= 0.3 is 0 Å². The minimum atomic E-state index is -0.406. The number of hydrogen-bond donors (Lipinski definition) is 2. The molecule has 4 aromatic rings. The van der Waals surface area contributed by atoms with Gasteiger partial charge in [0.15, 0.2) is 23.1 Å². The van der Waals surface area contributed by atoms with Gasteiger partial charge in [0.05, 0.1) is 16.6 Å². The van der Waals surface area contributed by atoms with Crippen LogP contribution in [0.2, 0.25) is 5.15 Å². The summed E-state index contributed by atoms with van der Waals surface area (Å²) < 4.78 is 15.6. The number of nitrogens with one attached hydrogen (secondary N) is 2. The Balaban J connectivity index is 1.47. The minimum Gasteiger partial charge on any atom is -0.364 e. The van der Waals surface area contributed by atoms with Gasteiger partial charge in [0.25, 0.3) is 0 Å². The van der Waals surface area contributed by atoms with Crippen molar-refractivity contribution in [2.45, 2.75) is 38.1 Å². The van der Waals surface area contributed by atoms with Crippen molar-refractivity contribution in [2.24, 2.45) is 11.8 Å². The third-order valence-corrected chi connectivity index (χ3v) is 7.63. The van der Waals surface area contributed by atoms with E-state index in [1.165, 1.54) is 43.2 Å². The fraction of sp³-hybridized carbons (Fsp3) is 0.364. The normalized spacial score (nSPS) is 22.8. The molecule has 1 unspecified atom stereocenters. The summed E-state index contributed by atoms with van der Waals surface area (Å²) in [7, 11) is 0. The molecule has 2 N–H and O–H groups in total. The van der Waals surface area contributed by atoms with Crippen LogP contribution in [0.1, 0.15) is 32.1 Å². The molecular weight excluding hydrogens is 435 g/mol. The number of rotatable bonds is 4. The Hall–Kier alpha value is -2.58. The van der Waals surface area contributed by atoms with Gasteiger partial charge in [-0.3, -0.25) is 0 Å². The molecule has 0 radical (unpaired) electrons. The molecule has 158 valence electrons. The monoisotopic (exact) mass is 454 g/mol. The van der Waals surface area contributed by atoms with Gasteiger partial charge in [-0.05, 0) is 42.5 Å². The number of hydrogen-bond acceptors (Lipinski definition) is 6. The molecule has 0 amide bonds. The van der Waals surface area contributed by atoms with Crippen molar-refractivity contribution >= 4 is 39.9 Å². The van der Waals surface area contributed by atoms with Crippen molar-refractivity contribution in [1.82, 2.24) is 24.9 Å². The quantitative estimate of drug-likeness (QED) is 0.399. The highest BCUT2D eigenvalue weighted by Crippen LogP contribution is 2.43. The number of aromatic nitrogens is 5. The number of fused-ring (bicyclic) bond motifs is 4. The molecule has 7 rings (SSSR count). The standard InChI is InChI=1S/C22H20ClFN6S/c23-16-10-26-22-18(28-16)13(9-25-22)20-29-19(15-2-1-7-31-15)17(24)21(30-20)27-14-8-11-3-5-12(14)6-4-11/h1-2,7,9-12,14H,3-6,8H2,(H,25,26)(H,27,29,30). The number of halogens is 2. The lowest BCUT2D eigenvalue weighted by Gasteiger charge is -2.42. The van der Waals surface area contributed by atoms with Crippen molar-refractivity contribution in [3.8, 4) is 22.0 Å². The molecule has 3 saturated carbocycles. The predicted molar refractivity (Wildman–Crippen MR) is 121 cm³/mol. The second-order valence-corrected chi connectivity index (χ2v) is 9.73. The lowest BCUT2D eigenvalue weighted by Crippen LogP contribution is -2.40. The summed E-state index contributed by atoms with van der Waals surface area (Å²) in [5.74, 6) is 1.56. The van der Waals surface area contributed by atoms with Crippen LogP contribution in [0.15, 0.2) is 29.9 Å². The zero-order valence-electron chi connectivity index (χ0n) is 16.6. The Morgan fingerprint density at radius 3 is 2.77 bits per heavy atom. The van der Waals surface area contributed by atoms with Gasteiger partial charge in [0, 0.05) is 12.2 Å². The van der Waals surface area contributed by atoms with Crippen molar-refractivity contribution in [3.05, 3.63) is 40.9 Å². The summed E-state index contributed by atoms with van der Waals surface area (Å²) in [4.78, 5) is 21.7. The smallest absolute Gasteiger partial charge is 0.192 e. The van der Waals surface area contributed by atoms with Gasteiger partial charge < -0.3 is 10.3 Å². The summed E-state index contributed by atoms with van der Waals surface area (Å²) in [6.07, 6.45) is 9.29. The van der Waals surface area contributed by atoms with Gasteiger partial charge in [-0.1, -0.05) is 30.5 Å². The highest BCUT2D eigenvalue weighted by atomic mass is 35.5. The molecule has 0 aromatic carbocycles. The summed E-state index contributed by atoms with van der Waals surface area (Å²) >= 11 is 7.52. The van der Waals surface area contributed by atoms with Crippen LogP contribution in [0.5, 0.6) is 0 Å². The zero-order valence-corrected chi connectivity index (χ0v) is 18.2. The Morgan fingerprint density at radius 2 is 2.03 bits per heavy atom. The lowest BCUT2D eigenvalue weighted by molar-refractivity contribution is 0.157. The second-order valence-electron chi connectivity index (χ2n) is 8.40. The van der Waals surface area contributed by atoms with Crippen molar-refractivity contribution in [2.75, 3.05) is 5.32 Å². The number of nitrogens with zero attached hydrogens (tertiary/aromatic N) is 4. The van der Waals surface area contributed by atoms with E-state index in [4.69, 9.17) is 11.6 Å². The van der Waals surface area contributed by atoms with E-state index in [0.717, 1.165) is 17.2 Å². The molecule has 0 saturated heterocycles. The van der Waals surface area contributed by atoms with E-state index in [-0.39, 0.29) is 17.0 Å². The topological polar surface area (TPSA) is 79.4 Å². The highest BCUT2D eigenvalue weighted by Gasteiger charge is 2.36. The third-order valence-electron chi connectivity index (χ3n) is 6.57. The van der Waals surface area contributed by atoms with Crippen LogP contribution in [0.4, 0.5) is 10.2 Å². The minimum absolute atomic E-state index is 0.248. The van der Waals surface area contributed by atoms with Gasteiger partial charge in [-0.25, -0.2) is 24.3 Å². The van der Waals surface area contributed by atoms with Crippen LogP contribution in [0.25, 0.3) is 33.1 Å². The number of thiophene rings is 1. The average Bonchev–Trinajstić information content (AvgIpc) is 3.46. The Morgan fingerprint density at radius 1 is 1.16 bits per heavy atom. The molecule has 4 heterocycles. The maximum atomic E-state index is 15.6. The highest BCUT2D eigenvalue weighted by molar-refractivity contribution is 7.13. The maximum Gasteiger partial charge on any atom is 0.192 e. The molecule has 4 aromatic heterocycles. The molecule has 3 aliphatic rings. The first-order chi connectivity index (χ1) is 15.2. The molecule has 0 spiro atoms. The molecule has 3 aliphatic carbocycles. The van der Waals surface area contributed by atoms with E-state index in [2.05, 4.69) is 30.2 Å². The van der Waals surface area contributed by atoms with E-state index in [1.54, 1.807) is 6.20 Å². The Bertz CT molecular complexity index is 1250. The first kappa shape index (κ1) is 19.1. The Kier molecular flexibility index (Phi) is 4.65. The van der Waals surface area contributed by atoms with Crippen molar-refractivity contribution in [3.63, 3.8) is 0 Å². The largest absolute Gasteiger partial charge is 0.364 e. The van der Waals surface area contributed by atoms with Gasteiger partial charge in [0.2, 0.25) is 0 Å². The van der Waals surface area contributed by atoms with Gasteiger partial charge in [-0.2, -0.15) is 0 Å². The SMILES string of the molecule is Fc1c(NC2CC3CCC2CC3)nc(-c2c[nH]c3ncc(Cl)nc23)nc1-c1cccs1. The van der Waals surface area contributed by atoms with E-state index in [1.807, 2.05) is 17.5 Å². The van der Waals surface area contributed by atoms with E-state index in [0.29, 0.717) is 34.2 Å². The van der Waals surface area contributed by atoms with Gasteiger partial charge in [0.1, 0.15) is 16.4 Å².